The maximum absolute atomic E-state index is 5.41. The Hall–Kier alpha value is -7.32. The smallest absolute Gasteiger partial charge is 0.220 e. The highest BCUT2D eigenvalue weighted by Crippen LogP contribution is 2.29. The topological polar surface area (TPSA) is 22.2 Å². The number of fused-ring (bicyclic) bond motifs is 5. The Bertz CT molecular complexity index is 3050. The van der Waals surface area contributed by atoms with Crippen molar-refractivity contribution in [3.05, 3.63) is 249 Å². The Morgan fingerprint density at radius 2 is 0.667 bits per heavy atom. The van der Waals surface area contributed by atoms with Crippen LogP contribution in [0.15, 0.2) is 249 Å². The fourth-order valence-corrected chi connectivity index (χ4v) is 19.4. The average Bonchev–Trinajstić information content (AvgIpc) is 3.86. The lowest BCUT2D eigenvalue weighted by Gasteiger charge is -2.34. The van der Waals surface area contributed by atoms with Gasteiger partial charge in [-0.3, -0.25) is 8.97 Å². The van der Waals surface area contributed by atoms with E-state index in [1.807, 2.05) is 0 Å². The second-order valence-electron chi connectivity index (χ2n) is 15.5. The van der Waals surface area contributed by atoms with E-state index in [2.05, 4.69) is 258 Å². The molecule has 11 aromatic rings. The van der Waals surface area contributed by atoms with Gasteiger partial charge in [0.1, 0.15) is 0 Å². The quantitative estimate of drug-likeness (QED) is 0.112. The third-order valence-electron chi connectivity index (χ3n) is 12.4. The van der Waals surface area contributed by atoms with E-state index in [9.17, 15) is 0 Å². The van der Waals surface area contributed by atoms with Gasteiger partial charge in [0, 0.05) is 5.69 Å². The zero-order chi connectivity index (χ0) is 39.9. The van der Waals surface area contributed by atoms with Crippen molar-refractivity contribution in [3.8, 4) is 5.69 Å². The predicted octanol–water partition coefficient (Wildman–Crippen LogP) is 7.19. The fourth-order valence-electron chi connectivity index (χ4n) is 9.90. The summed E-state index contributed by atoms with van der Waals surface area (Å²) in [5.41, 5.74) is 5.42. The number of hydrogen-bond donors (Lipinski definition) is 0. The standard InChI is InChI=1S/C55H41N3Si2/c1-7-23-43(24-8-1)59(44-25-9-2-10-26-44,45-27-11-3-12-28-45)49-35-21-22-42(40-49)57-53-39-38-50(41-54(53)58-52-37-20-19-36-51(52)56-55(57)58)60(46-29-13-4-14-30-46,47-31-15-5-16-32-47)48-33-17-6-18-34-48/h1-41H. The summed E-state index contributed by atoms with van der Waals surface area (Å²) in [6.07, 6.45) is 0. The number of rotatable bonds is 9. The lowest BCUT2D eigenvalue weighted by atomic mass is 10.2. The van der Waals surface area contributed by atoms with E-state index in [0.717, 1.165) is 33.5 Å². The Labute approximate surface area is 352 Å². The first-order valence-electron chi connectivity index (χ1n) is 20.6. The molecule has 0 fully saturated rings. The molecule has 0 bridgehead atoms. The second-order valence-corrected chi connectivity index (χ2v) is 23.1. The Balaban J connectivity index is 1.22. The van der Waals surface area contributed by atoms with Crippen molar-refractivity contribution in [1.29, 1.82) is 0 Å². The van der Waals surface area contributed by atoms with E-state index in [1.165, 1.54) is 41.5 Å². The van der Waals surface area contributed by atoms with E-state index in [4.69, 9.17) is 4.98 Å². The molecular weight excluding hydrogens is 759 g/mol. The van der Waals surface area contributed by atoms with Crippen LogP contribution in [0.2, 0.25) is 0 Å². The highest BCUT2D eigenvalue weighted by atomic mass is 28.3. The highest BCUT2D eigenvalue weighted by Gasteiger charge is 2.43. The third kappa shape index (κ3) is 5.51. The van der Waals surface area contributed by atoms with Crippen LogP contribution in [-0.2, 0) is 0 Å². The van der Waals surface area contributed by atoms with Crippen molar-refractivity contribution in [2.24, 2.45) is 0 Å². The summed E-state index contributed by atoms with van der Waals surface area (Å²) in [6.45, 7) is 0. The zero-order valence-corrected chi connectivity index (χ0v) is 35.0. The monoisotopic (exact) mass is 799 g/mol. The molecule has 284 valence electrons. The fraction of sp³-hybridized carbons (Fsp3) is 0. The predicted molar refractivity (Wildman–Crippen MR) is 257 cm³/mol. The molecular formula is C55H41N3Si2. The van der Waals surface area contributed by atoms with Crippen molar-refractivity contribution < 1.29 is 0 Å². The highest BCUT2D eigenvalue weighted by molar-refractivity contribution is 7.20. The summed E-state index contributed by atoms with van der Waals surface area (Å²) in [5, 5.41) is 10.7. The van der Waals surface area contributed by atoms with E-state index >= 15 is 0 Å². The summed E-state index contributed by atoms with van der Waals surface area (Å²) in [5.74, 6) is 0.901. The first-order valence-corrected chi connectivity index (χ1v) is 24.6. The van der Waals surface area contributed by atoms with Gasteiger partial charge in [-0.2, -0.15) is 0 Å². The maximum Gasteiger partial charge on any atom is 0.220 e. The van der Waals surface area contributed by atoms with Gasteiger partial charge in [-0.05, 0) is 77.9 Å². The number of imidazole rings is 2. The van der Waals surface area contributed by atoms with Crippen LogP contribution in [-0.4, -0.2) is 30.1 Å². The van der Waals surface area contributed by atoms with Gasteiger partial charge >= 0.3 is 0 Å². The van der Waals surface area contributed by atoms with Crippen LogP contribution < -0.4 is 41.5 Å². The first kappa shape index (κ1) is 35.8. The molecule has 5 heteroatoms. The molecule has 2 heterocycles. The minimum absolute atomic E-state index is 0.901. The molecule has 60 heavy (non-hydrogen) atoms. The maximum atomic E-state index is 5.41. The molecule has 2 aromatic heterocycles. The molecule has 0 atom stereocenters. The Morgan fingerprint density at radius 1 is 0.283 bits per heavy atom. The van der Waals surface area contributed by atoms with Gasteiger partial charge in [0.2, 0.25) is 5.78 Å². The largest absolute Gasteiger partial charge is 0.278 e. The van der Waals surface area contributed by atoms with Crippen LogP contribution in [0.5, 0.6) is 0 Å². The molecule has 0 saturated heterocycles. The van der Waals surface area contributed by atoms with Gasteiger partial charge in [-0.1, -0.05) is 212 Å². The SMILES string of the molecule is c1ccc([Si](c2ccccc2)(c2ccccc2)c2cccc(-n3c4ccc([Si](c5ccccc5)(c5ccccc5)c5ccccc5)cc4n4c5ccccc5nc34)c2)cc1. The minimum atomic E-state index is -2.81. The summed E-state index contributed by atoms with van der Waals surface area (Å²) < 4.78 is 4.77. The molecule has 0 saturated carbocycles. The van der Waals surface area contributed by atoms with Gasteiger partial charge in [0.05, 0.1) is 22.1 Å². The van der Waals surface area contributed by atoms with E-state index in [0.29, 0.717) is 0 Å². The summed E-state index contributed by atoms with van der Waals surface area (Å²) in [4.78, 5) is 5.41. The molecule has 0 radical (unpaired) electrons. The van der Waals surface area contributed by atoms with Crippen LogP contribution in [0.25, 0.3) is 33.5 Å². The molecule has 0 aliphatic heterocycles. The van der Waals surface area contributed by atoms with Crippen LogP contribution in [0, 0.1) is 0 Å². The van der Waals surface area contributed by atoms with Crippen molar-refractivity contribution in [2.75, 3.05) is 0 Å². The van der Waals surface area contributed by atoms with E-state index in [1.54, 1.807) is 0 Å². The van der Waals surface area contributed by atoms with Gasteiger partial charge in [-0.15, -0.1) is 0 Å². The summed E-state index contributed by atoms with van der Waals surface area (Å²) in [6, 6.07) is 92.1. The lowest BCUT2D eigenvalue weighted by Crippen LogP contribution is -2.74. The average molecular weight is 800 g/mol. The number of hydrogen-bond acceptors (Lipinski definition) is 1. The van der Waals surface area contributed by atoms with Gasteiger partial charge in [0.25, 0.3) is 0 Å². The molecule has 0 unspecified atom stereocenters. The van der Waals surface area contributed by atoms with Crippen LogP contribution in [0.4, 0.5) is 0 Å². The van der Waals surface area contributed by atoms with Crippen LogP contribution in [0.3, 0.4) is 0 Å². The lowest BCUT2D eigenvalue weighted by molar-refractivity contribution is 1.11. The van der Waals surface area contributed by atoms with Crippen molar-refractivity contribution >= 4 is 85.5 Å². The van der Waals surface area contributed by atoms with Crippen LogP contribution in [0.1, 0.15) is 0 Å². The van der Waals surface area contributed by atoms with Gasteiger partial charge < -0.3 is 0 Å². The number of aromatic nitrogens is 3. The molecule has 0 aliphatic carbocycles. The molecule has 0 N–H and O–H groups in total. The number of nitrogens with zero attached hydrogens (tertiary/aromatic N) is 3. The number of benzene rings is 9. The minimum Gasteiger partial charge on any atom is -0.278 e. The number of para-hydroxylation sites is 2. The third-order valence-corrected chi connectivity index (χ3v) is 22.0. The van der Waals surface area contributed by atoms with Gasteiger partial charge in [-0.25, -0.2) is 4.98 Å². The van der Waals surface area contributed by atoms with E-state index in [-0.39, 0.29) is 0 Å². The first-order chi connectivity index (χ1) is 29.8. The zero-order valence-electron chi connectivity index (χ0n) is 33.0. The summed E-state index contributed by atoms with van der Waals surface area (Å²) >= 11 is 0. The second kappa shape index (κ2) is 14.8. The Kier molecular flexibility index (Phi) is 8.84. The van der Waals surface area contributed by atoms with Crippen molar-refractivity contribution in [3.63, 3.8) is 0 Å². The van der Waals surface area contributed by atoms with Crippen molar-refractivity contribution in [1.82, 2.24) is 14.0 Å². The Morgan fingerprint density at radius 3 is 1.12 bits per heavy atom. The van der Waals surface area contributed by atoms with Crippen LogP contribution >= 0.6 is 0 Å². The summed E-state index contributed by atoms with van der Waals surface area (Å²) in [7, 11) is -5.60. The molecule has 0 amide bonds. The molecule has 0 aliphatic rings. The molecule has 9 aromatic carbocycles. The normalized spacial score (nSPS) is 12.0. The molecule has 3 nitrogen and oxygen atoms in total. The van der Waals surface area contributed by atoms with Crippen molar-refractivity contribution in [2.45, 2.75) is 0 Å². The molecule has 0 spiro atoms. The molecule has 11 rings (SSSR count). The van der Waals surface area contributed by atoms with E-state index < -0.39 is 16.1 Å². The van der Waals surface area contributed by atoms with Gasteiger partial charge in [0.15, 0.2) is 16.1 Å².